The molecule has 0 aliphatic rings. The van der Waals surface area contributed by atoms with Gasteiger partial charge in [0.05, 0.1) is 23.8 Å². The van der Waals surface area contributed by atoms with Crippen LogP contribution in [-0.4, -0.2) is 26.0 Å². The molecule has 2 aromatic rings. The van der Waals surface area contributed by atoms with Gasteiger partial charge >= 0.3 is 5.97 Å². The third kappa shape index (κ3) is 3.04. The number of nitrogens with zero attached hydrogens (tertiary/aromatic N) is 3. The van der Waals surface area contributed by atoms with Crippen LogP contribution >= 0.6 is 0 Å². The molecule has 0 spiro atoms. The first-order valence-corrected chi connectivity index (χ1v) is 5.95. The van der Waals surface area contributed by atoms with Gasteiger partial charge in [0.2, 0.25) is 0 Å². The van der Waals surface area contributed by atoms with Crippen molar-refractivity contribution in [3.05, 3.63) is 42.2 Å². The zero-order chi connectivity index (χ0) is 13.7. The van der Waals surface area contributed by atoms with Crippen molar-refractivity contribution in [2.75, 3.05) is 5.32 Å². The molecule has 0 radical (unpaired) electrons. The molecule has 0 amide bonds. The van der Waals surface area contributed by atoms with E-state index in [1.54, 1.807) is 12.4 Å². The Bertz CT molecular complexity index is 572. The first-order valence-electron chi connectivity index (χ1n) is 5.95. The number of anilines is 2. The fourth-order valence-corrected chi connectivity index (χ4v) is 1.79. The number of carboxylic acids is 1. The van der Waals surface area contributed by atoms with Gasteiger partial charge in [0, 0.05) is 6.20 Å². The largest absolute Gasteiger partial charge is 0.476 e. The molecule has 0 aliphatic heterocycles. The SMILES string of the molecule is CCCc1ccnc(C(=O)O)c1Nc1cncnc1. The van der Waals surface area contributed by atoms with Crippen molar-refractivity contribution in [3.63, 3.8) is 0 Å². The fourth-order valence-electron chi connectivity index (χ4n) is 1.79. The number of carboxylic acid groups (broad SMARTS) is 1. The number of nitrogens with one attached hydrogen (secondary N) is 1. The molecular formula is C13H14N4O2. The third-order valence-electron chi connectivity index (χ3n) is 2.59. The minimum Gasteiger partial charge on any atom is -0.476 e. The standard InChI is InChI=1S/C13H14N4O2/c1-2-3-9-4-5-16-12(13(18)19)11(9)17-10-6-14-8-15-7-10/h4-8,17H,2-3H2,1H3,(H,18,19). The fraction of sp³-hybridized carbons (Fsp3) is 0.231. The van der Waals surface area contributed by atoms with Crippen molar-refractivity contribution in [3.8, 4) is 0 Å². The van der Waals surface area contributed by atoms with Gasteiger partial charge in [0.1, 0.15) is 6.33 Å². The van der Waals surface area contributed by atoms with E-state index in [0.717, 1.165) is 18.4 Å². The van der Waals surface area contributed by atoms with Gasteiger partial charge in [0.15, 0.2) is 5.69 Å². The van der Waals surface area contributed by atoms with Crippen LogP contribution in [0.4, 0.5) is 11.4 Å². The molecule has 98 valence electrons. The van der Waals surface area contributed by atoms with Gasteiger partial charge < -0.3 is 10.4 Å². The molecule has 6 nitrogen and oxygen atoms in total. The van der Waals surface area contributed by atoms with E-state index in [2.05, 4.69) is 20.3 Å². The second kappa shape index (κ2) is 5.90. The summed E-state index contributed by atoms with van der Waals surface area (Å²) in [5.74, 6) is -1.06. The van der Waals surface area contributed by atoms with E-state index in [1.165, 1.54) is 12.5 Å². The van der Waals surface area contributed by atoms with Crippen molar-refractivity contribution in [2.24, 2.45) is 0 Å². The molecule has 0 aliphatic carbocycles. The second-order valence-corrected chi connectivity index (χ2v) is 4.00. The molecule has 0 aromatic carbocycles. The highest BCUT2D eigenvalue weighted by Crippen LogP contribution is 2.24. The highest BCUT2D eigenvalue weighted by Gasteiger charge is 2.15. The van der Waals surface area contributed by atoms with Crippen LogP contribution in [-0.2, 0) is 6.42 Å². The van der Waals surface area contributed by atoms with E-state index in [1.807, 2.05) is 13.0 Å². The maximum Gasteiger partial charge on any atom is 0.356 e. The molecular weight excluding hydrogens is 244 g/mol. The predicted octanol–water partition coefficient (Wildman–Crippen LogP) is 2.27. The van der Waals surface area contributed by atoms with E-state index in [-0.39, 0.29) is 5.69 Å². The second-order valence-electron chi connectivity index (χ2n) is 4.00. The Morgan fingerprint density at radius 1 is 1.37 bits per heavy atom. The van der Waals surface area contributed by atoms with Gasteiger partial charge in [-0.1, -0.05) is 13.3 Å². The van der Waals surface area contributed by atoms with Crippen molar-refractivity contribution >= 4 is 17.3 Å². The van der Waals surface area contributed by atoms with E-state index >= 15 is 0 Å². The van der Waals surface area contributed by atoms with Crippen LogP contribution in [0.1, 0.15) is 29.4 Å². The van der Waals surface area contributed by atoms with Gasteiger partial charge in [-0.2, -0.15) is 0 Å². The van der Waals surface area contributed by atoms with Crippen LogP contribution < -0.4 is 5.32 Å². The zero-order valence-corrected chi connectivity index (χ0v) is 10.5. The molecule has 2 N–H and O–H groups in total. The number of rotatable bonds is 5. The van der Waals surface area contributed by atoms with Crippen molar-refractivity contribution < 1.29 is 9.90 Å². The van der Waals surface area contributed by atoms with Crippen LogP contribution in [0.5, 0.6) is 0 Å². The number of aromatic nitrogens is 3. The summed E-state index contributed by atoms with van der Waals surface area (Å²) in [7, 11) is 0. The first-order chi connectivity index (χ1) is 9.22. The van der Waals surface area contributed by atoms with E-state index in [9.17, 15) is 9.90 Å². The third-order valence-corrected chi connectivity index (χ3v) is 2.59. The summed E-state index contributed by atoms with van der Waals surface area (Å²) < 4.78 is 0. The Labute approximate surface area is 110 Å². The molecule has 0 saturated carbocycles. The lowest BCUT2D eigenvalue weighted by Crippen LogP contribution is -2.08. The van der Waals surface area contributed by atoms with Gasteiger partial charge in [-0.05, 0) is 18.1 Å². The normalized spacial score (nSPS) is 10.2. The molecule has 0 unspecified atom stereocenters. The number of pyridine rings is 1. The maximum atomic E-state index is 11.2. The van der Waals surface area contributed by atoms with Crippen LogP contribution in [0.3, 0.4) is 0 Å². The van der Waals surface area contributed by atoms with E-state index in [0.29, 0.717) is 11.4 Å². The lowest BCUT2D eigenvalue weighted by atomic mass is 10.1. The molecule has 0 saturated heterocycles. The topological polar surface area (TPSA) is 88.0 Å². The van der Waals surface area contributed by atoms with E-state index < -0.39 is 5.97 Å². The molecule has 19 heavy (non-hydrogen) atoms. The molecule has 0 atom stereocenters. The Kier molecular flexibility index (Phi) is 4.02. The minimum absolute atomic E-state index is 0.00908. The summed E-state index contributed by atoms with van der Waals surface area (Å²) in [5, 5.41) is 12.2. The summed E-state index contributed by atoms with van der Waals surface area (Å²) in [6.07, 6.45) is 7.80. The Morgan fingerprint density at radius 3 is 2.74 bits per heavy atom. The lowest BCUT2D eigenvalue weighted by Gasteiger charge is -2.13. The van der Waals surface area contributed by atoms with Crippen LogP contribution in [0.15, 0.2) is 31.0 Å². The average Bonchev–Trinajstić information content (AvgIpc) is 2.42. The van der Waals surface area contributed by atoms with E-state index in [4.69, 9.17) is 0 Å². The Hall–Kier alpha value is -2.50. The smallest absolute Gasteiger partial charge is 0.356 e. The average molecular weight is 258 g/mol. The molecule has 0 bridgehead atoms. The molecule has 6 heteroatoms. The van der Waals surface area contributed by atoms with Crippen LogP contribution in [0.25, 0.3) is 0 Å². The number of carbonyl (C=O) groups is 1. The van der Waals surface area contributed by atoms with Crippen molar-refractivity contribution in [2.45, 2.75) is 19.8 Å². The molecule has 2 aromatic heterocycles. The summed E-state index contributed by atoms with van der Waals surface area (Å²) in [6, 6.07) is 1.82. The van der Waals surface area contributed by atoms with Crippen molar-refractivity contribution in [1.82, 2.24) is 15.0 Å². The Balaban J connectivity index is 2.43. The highest BCUT2D eigenvalue weighted by atomic mass is 16.4. The van der Waals surface area contributed by atoms with Crippen LogP contribution in [0.2, 0.25) is 0 Å². The van der Waals surface area contributed by atoms with Gasteiger partial charge in [-0.15, -0.1) is 0 Å². The minimum atomic E-state index is -1.06. The molecule has 2 heterocycles. The summed E-state index contributed by atoms with van der Waals surface area (Å²) in [6.45, 7) is 2.04. The summed E-state index contributed by atoms with van der Waals surface area (Å²) in [5.41, 5.74) is 2.07. The van der Waals surface area contributed by atoms with Gasteiger partial charge in [0.25, 0.3) is 0 Å². The molecule has 2 rings (SSSR count). The predicted molar refractivity (Wildman–Crippen MR) is 70.5 cm³/mol. The van der Waals surface area contributed by atoms with Crippen LogP contribution in [0, 0.1) is 0 Å². The zero-order valence-electron chi connectivity index (χ0n) is 10.5. The maximum absolute atomic E-state index is 11.2. The lowest BCUT2D eigenvalue weighted by molar-refractivity contribution is 0.0691. The first kappa shape index (κ1) is 12.9. The molecule has 0 fully saturated rings. The number of aromatic carboxylic acids is 1. The van der Waals surface area contributed by atoms with Gasteiger partial charge in [-0.25, -0.2) is 19.7 Å². The summed E-state index contributed by atoms with van der Waals surface area (Å²) >= 11 is 0. The Morgan fingerprint density at radius 2 is 2.11 bits per heavy atom. The van der Waals surface area contributed by atoms with Gasteiger partial charge in [-0.3, -0.25) is 0 Å². The highest BCUT2D eigenvalue weighted by molar-refractivity contribution is 5.93. The monoisotopic (exact) mass is 258 g/mol. The number of hydrogen-bond donors (Lipinski definition) is 2. The number of aryl methyl sites for hydroxylation is 1. The quantitative estimate of drug-likeness (QED) is 0.855. The number of hydrogen-bond acceptors (Lipinski definition) is 5. The van der Waals surface area contributed by atoms with Crippen molar-refractivity contribution in [1.29, 1.82) is 0 Å². The summed E-state index contributed by atoms with van der Waals surface area (Å²) in [4.78, 5) is 22.9.